The largest absolute Gasteiger partial charge is 0.479 e. The van der Waals surface area contributed by atoms with Crippen molar-refractivity contribution in [3.05, 3.63) is 89.5 Å². The van der Waals surface area contributed by atoms with E-state index in [0.717, 1.165) is 10.5 Å². The highest BCUT2D eigenvalue weighted by Gasteiger charge is 2.36. The SMILES string of the molecule is CC1Oc2cc(NC(=O)CN3C(=O)c4ccccc4C3=O)ccc2N(Cc2ccccc2)C1=O. The molecular formula is C26H21N3O5. The zero-order valence-electron chi connectivity index (χ0n) is 18.4. The Morgan fingerprint density at radius 2 is 1.53 bits per heavy atom. The molecule has 170 valence electrons. The van der Waals surface area contributed by atoms with E-state index in [2.05, 4.69) is 5.32 Å². The van der Waals surface area contributed by atoms with E-state index < -0.39 is 30.4 Å². The number of carbonyl (C=O) groups excluding carboxylic acids is 4. The van der Waals surface area contributed by atoms with Gasteiger partial charge in [0.2, 0.25) is 5.91 Å². The minimum Gasteiger partial charge on any atom is -0.479 e. The molecule has 0 fully saturated rings. The second-order valence-electron chi connectivity index (χ2n) is 8.14. The topological polar surface area (TPSA) is 96.0 Å². The fourth-order valence-corrected chi connectivity index (χ4v) is 4.14. The first-order valence-corrected chi connectivity index (χ1v) is 10.8. The number of carbonyl (C=O) groups is 4. The van der Waals surface area contributed by atoms with E-state index in [0.29, 0.717) is 34.8 Å². The van der Waals surface area contributed by atoms with Crippen molar-refractivity contribution in [3.8, 4) is 5.75 Å². The summed E-state index contributed by atoms with van der Waals surface area (Å²) in [5, 5.41) is 2.71. The van der Waals surface area contributed by atoms with Gasteiger partial charge in [0.1, 0.15) is 12.3 Å². The summed E-state index contributed by atoms with van der Waals surface area (Å²) in [6.45, 7) is 1.67. The molecule has 0 radical (unpaired) electrons. The van der Waals surface area contributed by atoms with Gasteiger partial charge < -0.3 is 15.0 Å². The maximum absolute atomic E-state index is 12.8. The van der Waals surface area contributed by atoms with Crippen LogP contribution in [0.2, 0.25) is 0 Å². The van der Waals surface area contributed by atoms with Gasteiger partial charge in [-0.1, -0.05) is 42.5 Å². The van der Waals surface area contributed by atoms with Crippen LogP contribution in [-0.2, 0) is 16.1 Å². The molecule has 4 amide bonds. The molecule has 2 aliphatic heterocycles. The number of nitrogens with one attached hydrogen (secondary N) is 1. The lowest BCUT2D eigenvalue weighted by Gasteiger charge is -2.33. The Morgan fingerprint density at radius 1 is 0.882 bits per heavy atom. The number of nitrogens with zero attached hydrogens (tertiary/aromatic N) is 2. The molecule has 8 heteroatoms. The summed E-state index contributed by atoms with van der Waals surface area (Å²) in [6.07, 6.45) is -0.680. The summed E-state index contributed by atoms with van der Waals surface area (Å²) < 4.78 is 5.78. The van der Waals surface area contributed by atoms with E-state index in [1.165, 1.54) is 0 Å². The van der Waals surface area contributed by atoms with Gasteiger partial charge in [0, 0.05) is 11.8 Å². The maximum atomic E-state index is 12.8. The molecule has 34 heavy (non-hydrogen) atoms. The maximum Gasteiger partial charge on any atom is 0.268 e. The summed E-state index contributed by atoms with van der Waals surface area (Å²) in [5.41, 5.74) is 2.60. The lowest BCUT2D eigenvalue weighted by Crippen LogP contribution is -2.44. The Labute approximate surface area is 195 Å². The van der Waals surface area contributed by atoms with Crippen LogP contribution in [0.4, 0.5) is 11.4 Å². The molecule has 0 saturated carbocycles. The zero-order valence-corrected chi connectivity index (χ0v) is 18.4. The van der Waals surface area contributed by atoms with Gasteiger partial charge in [0.25, 0.3) is 17.7 Å². The van der Waals surface area contributed by atoms with Crippen LogP contribution in [0.5, 0.6) is 5.75 Å². The molecule has 0 bridgehead atoms. The standard InChI is InChI=1S/C26H21N3O5/c1-16-24(31)28(14-17-7-3-2-4-8-17)21-12-11-18(13-22(21)34-16)27-23(30)15-29-25(32)19-9-5-6-10-20(19)26(29)33/h2-13,16H,14-15H2,1H3,(H,27,30). The number of fused-ring (bicyclic) bond motifs is 2. The smallest absolute Gasteiger partial charge is 0.268 e. The number of amides is 4. The van der Waals surface area contributed by atoms with Crippen molar-refractivity contribution < 1.29 is 23.9 Å². The normalized spacial score (nSPS) is 16.7. The first kappa shape index (κ1) is 21.4. The van der Waals surface area contributed by atoms with Gasteiger partial charge in [-0.15, -0.1) is 0 Å². The van der Waals surface area contributed by atoms with Crippen molar-refractivity contribution in [1.82, 2.24) is 4.90 Å². The third-order valence-electron chi connectivity index (χ3n) is 5.82. The molecule has 1 atom stereocenters. The molecule has 0 spiro atoms. The minimum atomic E-state index is -0.680. The fraction of sp³-hybridized carbons (Fsp3) is 0.154. The molecule has 3 aromatic carbocycles. The van der Waals surface area contributed by atoms with Crippen LogP contribution in [-0.4, -0.2) is 41.2 Å². The van der Waals surface area contributed by atoms with E-state index in [9.17, 15) is 19.2 Å². The number of anilines is 2. The first-order chi connectivity index (χ1) is 16.4. The molecule has 3 aromatic rings. The van der Waals surface area contributed by atoms with Crippen molar-refractivity contribution in [1.29, 1.82) is 0 Å². The van der Waals surface area contributed by atoms with Crippen LogP contribution in [0.3, 0.4) is 0 Å². The van der Waals surface area contributed by atoms with Crippen molar-refractivity contribution in [2.45, 2.75) is 19.6 Å². The van der Waals surface area contributed by atoms with Gasteiger partial charge in [-0.25, -0.2) is 0 Å². The molecule has 0 aliphatic carbocycles. The number of rotatable bonds is 5. The van der Waals surface area contributed by atoms with Gasteiger partial charge in [0.05, 0.1) is 23.4 Å². The average molecular weight is 455 g/mol. The van der Waals surface area contributed by atoms with E-state index in [1.54, 1.807) is 54.3 Å². The molecule has 1 unspecified atom stereocenters. The summed E-state index contributed by atoms with van der Waals surface area (Å²) in [5.74, 6) is -1.20. The molecule has 0 saturated heterocycles. The molecule has 0 aromatic heterocycles. The van der Waals surface area contributed by atoms with Crippen LogP contribution in [0, 0.1) is 0 Å². The zero-order chi connectivity index (χ0) is 23.8. The van der Waals surface area contributed by atoms with Crippen molar-refractivity contribution in [3.63, 3.8) is 0 Å². The summed E-state index contributed by atoms with van der Waals surface area (Å²) in [4.78, 5) is 53.0. The lowest BCUT2D eigenvalue weighted by molar-refractivity contribution is -0.125. The Hall–Kier alpha value is -4.46. The van der Waals surface area contributed by atoms with Crippen molar-refractivity contribution >= 4 is 35.0 Å². The molecular weight excluding hydrogens is 434 g/mol. The Kier molecular flexibility index (Phi) is 5.33. The minimum absolute atomic E-state index is 0.154. The third kappa shape index (κ3) is 3.79. The highest BCUT2D eigenvalue weighted by atomic mass is 16.5. The number of benzene rings is 3. The fourth-order valence-electron chi connectivity index (χ4n) is 4.14. The van der Waals surface area contributed by atoms with Gasteiger partial charge in [-0.2, -0.15) is 0 Å². The van der Waals surface area contributed by atoms with Crippen molar-refractivity contribution in [2.75, 3.05) is 16.8 Å². The number of ether oxygens (including phenoxy) is 1. The third-order valence-corrected chi connectivity index (χ3v) is 5.82. The first-order valence-electron chi connectivity index (χ1n) is 10.8. The Morgan fingerprint density at radius 3 is 2.21 bits per heavy atom. The molecule has 2 heterocycles. The second kappa shape index (κ2) is 8.47. The van der Waals surface area contributed by atoms with Gasteiger partial charge in [-0.05, 0) is 36.8 Å². The number of imide groups is 1. The van der Waals surface area contributed by atoms with Crippen LogP contribution >= 0.6 is 0 Å². The number of hydrogen-bond acceptors (Lipinski definition) is 5. The van der Waals surface area contributed by atoms with E-state index in [-0.39, 0.29) is 5.91 Å². The number of hydrogen-bond donors (Lipinski definition) is 1. The lowest BCUT2D eigenvalue weighted by atomic mass is 10.1. The summed E-state index contributed by atoms with van der Waals surface area (Å²) in [7, 11) is 0. The van der Waals surface area contributed by atoms with E-state index in [4.69, 9.17) is 4.74 Å². The quantitative estimate of drug-likeness (QED) is 0.596. The van der Waals surface area contributed by atoms with E-state index in [1.807, 2.05) is 30.3 Å². The van der Waals surface area contributed by atoms with Crippen LogP contribution < -0.4 is 15.0 Å². The predicted molar refractivity (Wildman–Crippen MR) is 125 cm³/mol. The van der Waals surface area contributed by atoms with Crippen LogP contribution in [0.1, 0.15) is 33.2 Å². The highest BCUT2D eigenvalue weighted by molar-refractivity contribution is 6.22. The Bertz CT molecular complexity index is 1290. The molecule has 5 rings (SSSR count). The van der Waals surface area contributed by atoms with Gasteiger partial charge >= 0.3 is 0 Å². The van der Waals surface area contributed by atoms with Crippen molar-refractivity contribution in [2.24, 2.45) is 0 Å². The van der Waals surface area contributed by atoms with E-state index >= 15 is 0 Å². The van der Waals surface area contributed by atoms with Crippen LogP contribution in [0.15, 0.2) is 72.8 Å². The molecule has 1 N–H and O–H groups in total. The van der Waals surface area contributed by atoms with Gasteiger partial charge in [-0.3, -0.25) is 24.1 Å². The van der Waals surface area contributed by atoms with Crippen LogP contribution in [0.25, 0.3) is 0 Å². The average Bonchev–Trinajstić information content (AvgIpc) is 3.07. The Balaban J connectivity index is 1.32. The second-order valence-corrected chi connectivity index (χ2v) is 8.14. The van der Waals surface area contributed by atoms with Gasteiger partial charge in [0.15, 0.2) is 6.10 Å². The predicted octanol–water partition coefficient (Wildman–Crippen LogP) is 3.24. The molecule has 2 aliphatic rings. The highest BCUT2D eigenvalue weighted by Crippen LogP contribution is 2.37. The summed E-state index contributed by atoms with van der Waals surface area (Å²) >= 11 is 0. The monoisotopic (exact) mass is 455 g/mol. The summed E-state index contributed by atoms with van der Waals surface area (Å²) in [6, 6.07) is 21.1. The molecule has 8 nitrogen and oxygen atoms in total.